The van der Waals surface area contributed by atoms with E-state index >= 15 is 0 Å². The van der Waals surface area contributed by atoms with E-state index in [9.17, 15) is 8.42 Å². The summed E-state index contributed by atoms with van der Waals surface area (Å²) in [5.74, 6) is 1.12. The zero-order valence-electron chi connectivity index (χ0n) is 16.2. The summed E-state index contributed by atoms with van der Waals surface area (Å²) in [7, 11) is -0.531. The van der Waals surface area contributed by atoms with Crippen LogP contribution >= 0.6 is 12.2 Å². The summed E-state index contributed by atoms with van der Waals surface area (Å²) >= 11 is 5.35. The van der Waals surface area contributed by atoms with Crippen molar-refractivity contribution in [2.24, 2.45) is 0 Å². The summed E-state index contributed by atoms with van der Waals surface area (Å²) < 4.78 is 42.8. The van der Waals surface area contributed by atoms with Crippen molar-refractivity contribution in [1.82, 2.24) is 4.31 Å². The molecule has 1 aliphatic heterocycles. The average molecular weight is 438 g/mol. The highest BCUT2D eigenvalue weighted by atomic mass is 32.2. The van der Waals surface area contributed by atoms with E-state index in [2.05, 4.69) is 10.6 Å². The van der Waals surface area contributed by atoms with Gasteiger partial charge in [0.05, 0.1) is 38.0 Å². The summed E-state index contributed by atoms with van der Waals surface area (Å²) in [6.45, 7) is 1.45. The minimum atomic E-state index is -3.61. The monoisotopic (exact) mass is 437 g/mol. The Morgan fingerprint density at radius 3 is 2.34 bits per heavy atom. The van der Waals surface area contributed by atoms with Crippen molar-refractivity contribution in [3.8, 4) is 11.5 Å². The minimum Gasteiger partial charge on any atom is -0.497 e. The van der Waals surface area contributed by atoms with E-state index in [4.69, 9.17) is 26.4 Å². The van der Waals surface area contributed by atoms with Gasteiger partial charge in [-0.05, 0) is 48.6 Å². The number of methoxy groups -OCH3 is 2. The van der Waals surface area contributed by atoms with E-state index in [1.807, 2.05) is 24.3 Å². The van der Waals surface area contributed by atoms with Crippen LogP contribution in [0.15, 0.2) is 47.4 Å². The Balaban J connectivity index is 1.73. The van der Waals surface area contributed by atoms with E-state index in [0.717, 1.165) is 11.4 Å². The molecule has 0 saturated carbocycles. The maximum atomic E-state index is 12.8. The lowest BCUT2D eigenvalue weighted by Gasteiger charge is -2.26. The van der Waals surface area contributed by atoms with Crippen molar-refractivity contribution in [1.29, 1.82) is 0 Å². The fourth-order valence-electron chi connectivity index (χ4n) is 2.83. The van der Waals surface area contributed by atoms with Crippen molar-refractivity contribution in [3.63, 3.8) is 0 Å². The van der Waals surface area contributed by atoms with E-state index in [1.165, 1.54) is 23.5 Å². The molecule has 29 heavy (non-hydrogen) atoms. The molecule has 0 unspecified atom stereocenters. The molecule has 0 atom stereocenters. The third-order valence-corrected chi connectivity index (χ3v) is 6.48. The van der Waals surface area contributed by atoms with Gasteiger partial charge in [0.1, 0.15) is 11.5 Å². The van der Waals surface area contributed by atoms with Crippen LogP contribution in [0.3, 0.4) is 0 Å². The second kappa shape index (κ2) is 9.40. The molecule has 1 saturated heterocycles. The Kier molecular flexibility index (Phi) is 6.91. The molecule has 0 radical (unpaired) electrons. The summed E-state index contributed by atoms with van der Waals surface area (Å²) in [5.41, 5.74) is 1.34. The standard InChI is InChI=1S/C19H23N3O5S2/c1-25-15-5-3-14(4-6-15)20-19(28)21-17-8-7-16(13-18(17)26-2)29(23,24)22-9-11-27-12-10-22/h3-8,13H,9-12H2,1-2H3,(H2,20,21,28). The normalized spacial score (nSPS) is 14.8. The predicted molar refractivity (Wildman–Crippen MR) is 115 cm³/mol. The van der Waals surface area contributed by atoms with Crippen molar-refractivity contribution in [2.45, 2.75) is 4.90 Å². The van der Waals surface area contributed by atoms with Crippen LogP contribution in [-0.4, -0.2) is 58.4 Å². The summed E-state index contributed by atoms with van der Waals surface area (Å²) in [6.07, 6.45) is 0. The zero-order chi connectivity index (χ0) is 20.9. The van der Waals surface area contributed by atoms with Gasteiger partial charge in [0.15, 0.2) is 5.11 Å². The van der Waals surface area contributed by atoms with Crippen molar-refractivity contribution >= 4 is 38.7 Å². The first-order valence-corrected chi connectivity index (χ1v) is 10.8. The van der Waals surface area contributed by atoms with E-state index in [0.29, 0.717) is 42.9 Å². The Bertz CT molecular complexity index is 958. The van der Waals surface area contributed by atoms with Gasteiger partial charge in [0.2, 0.25) is 10.0 Å². The first-order valence-electron chi connectivity index (χ1n) is 8.92. The third-order valence-electron chi connectivity index (χ3n) is 4.38. The van der Waals surface area contributed by atoms with E-state index in [1.54, 1.807) is 13.2 Å². The van der Waals surface area contributed by atoms with Gasteiger partial charge in [-0.15, -0.1) is 0 Å². The number of morpholine rings is 1. The molecule has 3 rings (SSSR count). The Morgan fingerprint density at radius 2 is 1.72 bits per heavy atom. The zero-order valence-corrected chi connectivity index (χ0v) is 17.8. The second-order valence-corrected chi connectivity index (χ2v) is 8.53. The summed E-state index contributed by atoms with van der Waals surface area (Å²) in [5, 5.41) is 6.44. The number of hydrogen-bond donors (Lipinski definition) is 2. The molecule has 1 fully saturated rings. The average Bonchev–Trinajstić information content (AvgIpc) is 2.75. The van der Waals surface area contributed by atoms with Crippen LogP contribution in [0.2, 0.25) is 0 Å². The van der Waals surface area contributed by atoms with E-state index < -0.39 is 10.0 Å². The van der Waals surface area contributed by atoms with Crippen molar-refractivity contribution in [3.05, 3.63) is 42.5 Å². The van der Waals surface area contributed by atoms with E-state index in [-0.39, 0.29) is 4.90 Å². The maximum Gasteiger partial charge on any atom is 0.243 e. The van der Waals surface area contributed by atoms with Crippen LogP contribution in [0, 0.1) is 0 Å². The molecule has 2 aromatic carbocycles. The van der Waals surface area contributed by atoms with Crippen molar-refractivity contribution in [2.75, 3.05) is 51.2 Å². The molecule has 10 heteroatoms. The molecule has 1 heterocycles. The topological polar surface area (TPSA) is 89.1 Å². The molecule has 0 spiro atoms. The van der Waals surface area contributed by atoms with Crippen molar-refractivity contribution < 1.29 is 22.6 Å². The molecule has 8 nitrogen and oxygen atoms in total. The predicted octanol–water partition coefficient (Wildman–Crippen LogP) is 2.53. The summed E-state index contributed by atoms with van der Waals surface area (Å²) in [6, 6.07) is 12.0. The number of ether oxygens (including phenoxy) is 3. The first-order chi connectivity index (χ1) is 13.9. The molecule has 0 aromatic heterocycles. The fourth-order valence-corrected chi connectivity index (χ4v) is 4.48. The molecule has 0 amide bonds. The molecule has 1 aliphatic rings. The molecule has 0 bridgehead atoms. The van der Waals surface area contributed by atoms with Crippen LogP contribution in [0.25, 0.3) is 0 Å². The van der Waals surface area contributed by atoms with Crippen LogP contribution < -0.4 is 20.1 Å². The maximum absolute atomic E-state index is 12.8. The largest absolute Gasteiger partial charge is 0.497 e. The Hall–Kier alpha value is -2.40. The summed E-state index contributed by atoms with van der Waals surface area (Å²) in [4.78, 5) is 0.163. The minimum absolute atomic E-state index is 0.163. The van der Waals surface area contributed by atoms with Crippen LogP contribution in [0.4, 0.5) is 11.4 Å². The second-order valence-electron chi connectivity index (χ2n) is 6.19. The number of thiocarbonyl (C=S) groups is 1. The van der Waals surface area contributed by atoms with Gasteiger partial charge in [-0.2, -0.15) is 4.31 Å². The van der Waals surface area contributed by atoms with Gasteiger partial charge < -0.3 is 24.8 Å². The van der Waals surface area contributed by atoms with Crippen LogP contribution in [0.5, 0.6) is 11.5 Å². The van der Waals surface area contributed by atoms with Gasteiger partial charge in [0, 0.05) is 24.8 Å². The van der Waals surface area contributed by atoms with Gasteiger partial charge >= 0.3 is 0 Å². The molecule has 0 aliphatic carbocycles. The quantitative estimate of drug-likeness (QED) is 0.667. The van der Waals surface area contributed by atoms with Gasteiger partial charge in [0.25, 0.3) is 0 Å². The highest BCUT2D eigenvalue weighted by Crippen LogP contribution is 2.29. The lowest BCUT2D eigenvalue weighted by molar-refractivity contribution is 0.0730. The fraction of sp³-hybridized carbons (Fsp3) is 0.316. The Morgan fingerprint density at radius 1 is 1.03 bits per heavy atom. The molecule has 2 N–H and O–H groups in total. The number of sulfonamides is 1. The smallest absolute Gasteiger partial charge is 0.243 e. The number of nitrogens with zero attached hydrogens (tertiary/aromatic N) is 1. The molecular formula is C19H23N3O5S2. The highest BCUT2D eigenvalue weighted by molar-refractivity contribution is 7.89. The van der Waals surface area contributed by atoms with Crippen LogP contribution in [-0.2, 0) is 14.8 Å². The van der Waals surface area contributed by atoms with Gasteiger partial charge in [-0.1, -0.05) is 0 Å². The van der Waals surface area contributed by atoms with Gasteiger partial charge in [-0.25, -0.2) is 8.42 Å². The van der Waals surface area contributed by atoms with Crippen LogP contribution in [0.1, 0.15) is 0 Å². The highest BCUT2D eigenvalue weighted by Gasteiger charge is 2.27. The first kappa shape index (κ1) is 21.3. The number of benzene rings is 2. The third kappa shape index (κ3) is 5.15. The lowest BCUT2D eigenvalue weighted by Crippen LogP contribution is -2.40. The molecule has 156 valence electrons. The number of nitrogens with one attached hydrogen (secondary N) is 2. The SMILES string of the molecule is COc1ccc(NC(=S)Nc2ccc(S(=O)(=O)N3CCOCC3)cc2OC)cc1. The lowest BCUT2D eigenvalue weighted by atomic mass is 10.3. The van der Waals surface area contributed by atoms with Gasteiger partial charge in [-0.3, -0.25) is 0 Å². The molecule has 2 aromatic rings. The number of hydrogen-bond acceptors (Lipinski definition) is 6. The number of anilines is 2. The number of rotatable bonds is 6. The Labute approximate surface area is 175 Å². The molecular weight excluding hydrogens is 414 g/mol.